The summed E-state index contributed by atoms with van der Waals surface area (Å²) in [5.74, 6) is 1.05. The van der Waals surface area contributed by atoms with E-state index in [-0.39, 0.29) is 11.8 Å². The van der Waals surface area contributed by atoms with Crippen molar-refractivity contribution in [1.82, 2.24) is 20.0 Å². The van der Waals surface area contributed by atoms with Gasteiger partial charge in [0.05, 0.1) is 0 Å². The standard InChI is InChI=1S/C18H22N4O3/c1-13-4-3-5-15(12-13)18-20-19-16(25-18)6-7-17(24)22-10-8-21(9-11-22)14(2)23/h3-5,12H,6-11H2,1-2H3. The molecular weight excluding hydrogens is 320 g/mol. The summed E-state index contributed by atoms with van der Waals surface area (Å²) in [7, 11) is 0. The van der Waals surface area contributed by atoms with E-state index in [2.05, 4.69) is 10.2 Å². The number of benzene rings is 1. The molecule has 2 amide bonds. The average Bonchev–Trinajstić information content (AvgIpc) is 3.09. The van der Waals surface area contributed by atoms with Crippen molar-refractivity contribution in [1.29, 1.82) is 0 Å². The molecular formula is C18H22N4O3. The minimum absolute atomic E-state index is 0.0542. The number of carbonyl (C=O) groups excluding carboxylic acids is 2. The van der Waals surface area contributed by atoms with E-state index in [9.17, 15) is 9.59 Å². The van der Waals surface area contributed by atoms with E-state index in [0.717, 1.165) is 11.1 Å². The highest BCUT2D eigenvalue weighted by molar-refractivity contribution is 5.77. The molecule has 0 unspecified atom stereocenters. The second-order valence-electron chi connectivity index (χ2n) is 6.26. The number of amides is 2. The lowest BCUT2D eigenvalue weighted by Crippen LogP contribution is -2.50. The van der Waals surface area contributed by atoms with Crippen molar-refractivity contribution in [2.24, 2.45) is 0 Å². The van der Waals surface area contributed by atoms with Gasteiger partial charge in [-0.1, -0.05) is 17.7 Å². The highest BCUT2D eigenvalue weighted by Crippen LogP contribution is 2.19. The van der Waals surface area contributed by atoms with Crippen molar-refractivity contribution in [2.75, 3.05) is 26.2 Å². The van der Waals surface area contributed by atoms with Crippen LogP contribution < -0.4 is 0 Å². The Hall–Kier alpha value is -2.70. The van der Waals surface area contributed by atoms with Crippen molar-refractivity contribution < 1.29 is 14.0 Å². The third-order valence-electron chi connectivity index (χ3n) is 4.36. The molecule has 1 fully saturated rings. The zero-order valence-corrected chi connectivity index (χ0v) is 14.6. The van der Waals surface area contributed by atoms with Gasteiger partial charge in [-0.25, -0.2) is 0 Å². The summed E-state index contributed by atoms with van der Waals surface area (Å²) in [5, 5.41) is 8.10. The minimum atomic E-state index is 0.0542. The third-order valence-corrected chi connectivity index (χ3v) is 4.36. The van der Waals surface area contributed by atoms with Crippen molar-refractivity contribution >= 4 is 11.8 Å². The SMILES string of the molecule is CC(=O)N1CCN(C(=O)CCc2nnc(-c3cccc(C)c3)o2)CC1. The predicted molar refractivity (Wildman–Crippen MR) is 91.6 cm³/mol. The predicted octanol–water partition coefficient (Wildman–Crippen LogP) is 1.67. The van der Waals surface area contributed by atoms with Gasteiger partial charge in [0.15, 0.2) is 0 Å². The molecule has 1 aliphatic heterocycles. The van der Waals surface area contributed by atoms with E-state index in [4.69, 9.17) is 4.42 Å². The van der Waals surface area contributed by atoms with E-state index < -0.39 is 0 Å². The van der Waals surface area contributed by atoms with Crippen molar-refractivity contribution in [3.63, 3.8) is 0 Å². The Labute approximate surface area is 146 Å². The van der Waals surface area contributed by atoms with Gasteiger partial charge in [0, 0.05) is 51.5 Å². The van der Waals surface area contributed by atoms with Gasteiger partial charge in [0.2, 0.25) is 23.6 Å². The smallest absolute Gasteiger partial charge is 0.247 e. The van der Waals surface area contributed by atoms with Crippen LogP contribution in [0.2, 0.25) is 0 Å². The molecule has 0 N–H and O–H groups in total. The number of hydrogen-bond acceptors (Lipinski definition) is 5. The van der Waals surface area contributed by atoms with Crippen LogP contribution in [0.5, 0.6) is 0 Å². The molecule has 1 saturated heterocycles. The highest BCUT2D eigenvalue weighted by Gasteiger charge is 2.22. The summed E-state index contributed by atoms with van der Waals surface area (Å²) >= 11 is 0. The molecule has 0 atom stereocenters. The van der Waals surface area contributed by atoms with Gasteiger partial charge in [0.25, 0.3) is 0 Å². The van der Waals surface area contributed by atoms with Crippen LogP contribution in [0, 0.1) is 6.92 Å². The molecule has 25 heavy (non-hydrogen) atoms. The van der Waals surface area contributed by atoms with Crippen LogP contribution >= 0.6 is 0 Å². The number of piperazine rings is 1. The first-order valence-corrected chi connectivity index (χ1v) is 8.45. The van der Waals surface area contributed by atoms with Gasteiger partial charge in [0.1, 0.15) is 0 Å². The van der Waals surface area contributed by atoms with Gasteiger partial charge in [-0.3, -0.25) is 9.59 Å². The fourth-order valence-corrected chi connectivity index (χ4v) is 2.89. The Balaban J connectivity index is 1.52. The minimum Gasteiger partial charge on any atom is -0.421 e. The Morgan fingerprint density at radius 3 is 2.52 bits per heavy atom. The maximum atomic E-state index is 12.3. The van der Waals surface area contributed by atoms with Gasteiger partial charge < -0.3 is 14.2 Å². The Morgan fingerprint density at radius 2 is 1.84 bits per heavy atom. The Bertz CT molecular complexity index is 763. The quantitative estimate of drug-likeness (QED) is 0.844. The number of rotatable bonds is 4. The number of hydrogen-bond donors (Lipinski definition) is 0. The van der Waals surface area contributed by atoms with Crippen LogP contribution in [-0.4, -0.2) is 58.0 Å². The molecule has 0 bridgehead atoms. The summed E-state index contributed by atoms with van der Waals surface area (Å²) in [6, 6.07) is 7.85. The molecule has 1 aromatic carbocycles. The molecule has 132 valence electrons. The van der Waals surface area contributed by atoms with Crippen molar-refractivity contribution in [3.05, 3.63) is 35.7 Å². The molecule has 2 heterocycles. The third kappa shape index (κ3) is 4.23. The van der Waals surface area contributed by atoms with Crippen LogP contribution in [0.4, 0.5) is 0 Å². The second kappa shape index (κ2) is 7.46. The van der Waals surface area contributed by atoms with E-state index in [1.807, 2.05) is 31.2 Å². The van der Waals surface area contributed by atoms with Crippen molar-refractivity contribution in [2.45, 2.75) is 26.7 Å². The van der Waals surface area contributed by atoms with Crippen LogP contribution in [-0.2, 0) is 16.0 Å². The summed E-state index contributed by atoms with van der Waals surface area (Å²) in [6.45, 7) is 5.91. The fourth-order valence-electron chi connectivity index (χ4n) is 2.89. The molecule has 7 nitrogen and oxygen atoms in total. The van der Waals surface area contributed by atoms with Gasteiger partial charge in [-0.2, -0.15) is 0 Å². The molecule has 0 aliphatic carbocycles. The van der Waals surface area contributed by atoms with E-state index in [0.29, 0.717) is 50.8 Å². The number of carbonyl (C=O) groups is 2. The maximum absolute atomic E-state index is 12.3. The fraction of sp³-hybridized carbons (Fsp3) is 0.444. The van der Waals surface area contributed by atoms with Gasteiger partial charge in [-0.15, -0.1) is 10.2 Å². The Morgan fingerprint density at radius 1 is 1.12 bits per heavy atom. The average molecular weight is 342 g/mol. The zero-order chi connectivity index (χ0) is 17.8. The van der Waals surface area contributed by atoms with Crippen LogP contribution in [0.1, 0.15) is 24.8 Å². The molecule has 3 rings (SSSR count). The van der Waals surface area contributed by atoms with Gasteiger partial charge in [-0.05, 0) is 19.1 Å². The van der Waals surface area contributed by atoms with Crippen LogP contribution in [0.25, 0.3) is 11.5 Å². The summed E-state index contributed by atoms with van der Waals surface area (Å²) in [4.78, 5) is 27.2. The normalized spacial score (nSPS) is 14.6. The van der Waals surface area contributed by atoms with Crippen LogP contribution in [0.3, 0.4) is 0 Å². The first kappa shape index (κ1) is 17.1. The maximum Gasteiger partial charge on any atom is 0.247 e. The number of aryl methyl sites for hydroxylation is 2. The molecule has 0 radical (unpaired) electrons. The van der Waals surface area contributed by atoms with Crippen LogP contribution in [0.15, 0.2) is 28.7 Å². The lowest BCUT2D eigenvalue weighted by molar-refractivity contribution is -0.138. The van der Waals surface area contributed by atoms with E-state index in [1.165, 1.54) is 0 Å². The molecule has 0 spiro atoms. The molecule has 2 aromatic rings. The molecule has 0 saturated carbocycles. The summed E-state index contributed by atoms with van der Waals surface area (Å²) in [6.07, 6.45) is 0.750. The lowest BCUT2D eigenvalue weighted by Gasteiger charge is -2.34. The van der Waals surface area contributed by atoms with E-state index in [1.54, 1.807) is 16.7 Å². The molecule has 7 heteroatoms. The Kier molecular flexibility index (Phi) is 5.11. The second-order valence-corrected chi connectivity index (χ2v) is 6.26. The van der Waals surface area contributed by atoms with Gasteiger partial charge >= 0.3 is 0 Å². The first-order chi connectivity index (χ1) is 12.0. The highest BCUT2D eigenvalue weighted by atomic mass is 16.4. The largest absolute Gasteiger partial charge is 0.421 e. The van der Waals surface area contributed by atoms with Crippen molar-refractivity contribution in [3.8, 4) is 11.5 Å². The topological polar surface area (TPSA) is 79.5 Å². The summed E-state index contributed by atoms with van der Waals surface area (Å²) in [5.41, 5.74) is 2.00. The first-order valence-electron chi connectivity index (χ1n) is 8.45. The number of aromatic nitrogens is 2. The number of nitrogens with zero attached hydrogens (tertiary/aromatic N) is 4. The lowest BCUT2D eigenvalue weighted by atomic mass is 10.1. The zero-order valence-electron chi connectivity index (χ0n) is 14.6. The van der Waals surface area contributed by atoms with E-state index >= 15 is 0 Å². The summed E-state index contributed by atoms with van der Waals surface area (Å²) < 4.78 is 5.67. The molecule has 1 aromatic heterocycles. The molecule has 1 aliphatic rings. The monoisotopic (exact) mass is 342 g/mol.